The van der Waals surface area contributed by atoms with Gasteiger partial charge < -0.3 is 64.2 Å². The summed E-state index contributed by atoms with van der Waals surface area (Å²) in [4.78, 5) is 13.0. The molecule has 2 aliphatic heterocycles. The van der Waals surface area contributed by atoms with Crippen molar-refractivity contribution < 1.29 is 69.0 Å². The minimum atomic E-state index is -1.70. The summed E-state index contributed by atoms with van der Waals surface area (Å²) in [6.45, 7) is 3.71. The highest BCUT2D eigenvalue weighted by Crippen LogP contribution is 2.27. The van der Waals surface area contributed by atoms with Crippen LogP contribution in [-0.2, 0) is 33.2 Å². The predicted molar refractivity (Wildman–Crippen MR) is 280 cm³/mol. The number of allylic oxidation sites excluding steroid dienone is 2. The van der Waals surface area contributed by atoms with Gasteiger partial charge in [-0.1, -0.05) is 212 Å². The van der Waals surface area contributed by atoms with Crippen LogP contribution in [0.4, 0.5) is 0 Å². The summed E-state index contributed by atoms with van der Waals surface area (Å²) >= 11 is 0. The molecule has 0 saturated carbocycles. The van der Waals surface area contributed by atoms with E-state index in [1.807, 2.05) is 0 Å². The molecule has 7 N–H and O–H groups in total. The monoisotopic (exact) mass is 1020 g/mol. The molecule has 11 unspecified atom stereocenters. The van der Waals surface area contributed by atoms with Crippen molar-refractivity contribution >= 4 is 5.97 Å². The van der Waals surface area contributed by atoms with Gasteiger partial charge in [-0.2, -0.15) is 0 Å². The molecule has 0 aromatic carbocycles. The Hall–Kier alpha value is -1.27. The van der Waals surface area contributed by atoms with Crippen molar-refractivity contribution in [2.24, 2.45) is 0 Å². The van der Waals surface area contributed by atoms with Gasteiger partial charge in [0.2, 0.25) is 0 Å². The number of hydrogen-bond acceptors (Lipinski definition) is 14. The Kier molecular flexibility index (Phi) is 41.7. The van der Waals surface area contributed by atoms with E-state index in [2.05, 4.69) is 26.0 Å². The lowest BCUT2D eigenvalue weighted by Gasteiger charge is -2.42. The smallest absolute Gasteiger partial charge is 0.306 e. The Balaban J connectivity index is 1.67. The van der Waals surface area contributed by atoms with Crippen LogP contribution in [0.5, 0.6) is 0 Å². The molecule has 2 fully saturated rings. The third-order valence-electron chi connectivity index (χ3n) is 14.3. The molecule has 14 nitrogen and oxygen atoms in total. The second-order valence-corrected chi connectivity index (χ2v) is 20.8. The molecule has 0 spiro atoms. The molecule has 14 heteroatoms. The van der Waals surface area contributed by atoms with Gasteiger partial charge in [-0.15, -0.1) is 0 Å². The lowest BCUT2D eigenvalue weighted by molar-refractivity contribution is -0.332. The van der Waals surface area contributed by atoms with Crippen LogP contribution in [0.1, 0.15) is 245 Å². The van der Waals surface area contributed by atoms with Gasteiger partial charge >= 0.3 is 5.97 Å². The summed E-state index contributed by atoms with van der Waals surface area (Å²) < 4.78 is 34.4. The van der Waals surface area contributed by atoms with Crippen LogP contribution in [0, 0.1) is 0 Å². The largest absolute Gasteiger partial charge is 0.457 e. The third kappa shape index (κ3) is 32.0. The van der Waals surface area contributed by atoms with E-state index in [0.29, 0.717) is 13.0 Å². The van der Waals surface area contributed by atoms with Gasteiger partial charge in [-0.3, -0.25) is 4.79 Å². The number of rotatable bonds is 48. The van der Waals surface area contributed by atoms with E-state index in [1.54, 1.807) is 0 Å². The van der Waals surface area contributed by atoms with E-state index >= 15 is 0 Å². The highest BCUT2D eigenvalue weighted by atomic mass is 16.7. The first-order chi connectivity index (χ1) is 34.6. The van der Waals surface area contributed by atoms with Crippen molar-refractivity contribution in [2.75, 3.05) is 33.0 Å². The first-order valence-corrected chi connectivity index (χ1v) is 29.3. The van der Waals surface area contributed by atoms with Crippen LogP contribution in [0.3, 0.4) is 0 Å². The molecule has 2 saturated heterocycles. The Labute approximate surface area is 431 Å². The van der Waals surface area contributed by atoms with Gasteiger partial charge in [0, 0.05) is 13.0 Å². The molecule has 0 amide bonds. The summed E-state index contributed by atoms with van der Waals surface area (Å²) in [5, 5.41) is 72.3. The minimum absolute atomic E-state index is 0.0643. The lowest BCUT2D eigenvalue weighted by Crippen LogP contribution is -2.61. The van der Waals surface area contributed by atoms with Crippen LogP contribution in [-0.4, -0.2) is 142 Å². The average molecular weight is 1020 g/mol. The van der Waals surface area contributed by atoms with E-state index in [4.69, 9.17) is 28.4 Å². The molecule has 0 radical (unpaired) electrons. The standard InChI is InChI=1S/C57H108O14/c1-3-5-7-9-11-13-15-17-18-19-20-21-22-23-24-25-26-27-29-31-33-35-37-39-41-66-43-46(69-49(59)40-38-36-34-32-30-28-16-14-12-10-8-6-4-2)44-67-56-55(65)53(63)51(61)48(71-56)45-68-57-54(64)52(62)50(60)47(42-58)70-57/h14,16,46-48,50-58,60-65H,3-13,15,17-45H2,1-2H3/b16-14-. The number of unbranched alkanes of at least 4 members (excludes halogenated alkanes) is 32. The van der Waals surface area contributed by atoms with Crippen LogP contribution in [0.2, 0.25) is 0 Å². The number of aliphatic hydroxyl groups is 7. The summed E-state index contributed by atoms with van der Waals surface area (Å²) in [5.41, 5.74) is 0. The van der Waals surface area contributed by atoms with Crippen LogP contribution in [0.15, 0.2) is 12.2 Å². The highest BCUT2D eigenvalue weighted by Gasteiger charge is 2.47. The van der Waals surface area contributed by atoms with Gasteiger partial charge in [-0.25, -0.2) is 0 Å². The zero-order valence-electron chi connectivity index (χ0n) is 45.0. The van der Waals surface area contributed by atoms with Crippen molar-refractivity contribution in [2.45, 2.75) is 313 Å². The molecule has 11 atom stereocenters. The maximum Gasteiger partial charge on any atom is 0.306 e. The molecule has 0 aliphatic carbocycles. The fraction of sp³-hybridized carbons (Fsp3) is 0.947. The average Bonchev–Trinajstić information content (AvgIpc) is 3.37. The van der Waals surface area contributed by atoms with Crippen LogP contribution >= 0.6 is 0 Å². The molecule has 0 bridgehead atoms. The normalized spacial score (nSPS) is 25.3. The molecule has 71 heavy (non-hydrogen) atoms. The highest BCUT2D eigenvalue weighted by molar-refractivity contribution is 5.69. The van der Waals surface area contributed by atoms with Gasteiger partial charge in [0.05, 0.1) is 26.4 Å². The Morgan fingerprint density at radius 3 is 1.30 bits per heavy atom. The topological polar surface area (TPSA) is 214 Å². The minimum Gasteiger partial charge on any atom is -0.457 e. The zero-order valence-corrected chi connectivity index (χ0v) is 45.0. The van der Waals surface area contributed by atoms with Crippen molar-refractivity contribution in [3.63, 3.8) is 0 Å². The second-order valence-electron chi connectivity index (χ2n) is 20.8. The van der Waals surface area contributed by atoms with Gasteiger partial charge in [-0.05, 0) is 38.5 Å². The maximum absolute atomic E-state index is 13.0. The van der Waals surface area contributed by atoms with Crippen LogP contribution < -0.4 is 0 Å². The second kappa shape index (κ2) is 45.0. The first-order valence-electron chi connectivity index (χ1n) is 29.3. The Morgan fingerprint density at radius 1 is 0.451 bits per heavy atom. The summed E-state index contributed by atoms with van der Waals surface area (Å²) in [6, 6.07) is 0. The lowest BCUT2D eigenvalue weighted by atomic mass is 9.98. The predicted octanol–water partition coefficient (Wildman–Crippen LogP) is 10.2. The Bertz CT molecular complexity index is 1230. The number of esters is 1. The van der Waals surface area contributed by atoms with Crippen molar-refractivity contribution in [3.8, 4) is 0 Å². The molecule has 2 aliphatic rings. The van der Waals surface area contributed by atoms with Crippen molar-refractivity contribution in [1.82, 2.24) is 0 Å². The van der Waals surface area contributed by atoms with E-state index in [1.165, 1.54) is 161 Å². The molecular weight excluding hydrogens is 909 g/mol. The summed E-state index contributed by atoms with van der Waals surface area (Å²) in [6.07, 6.45) is 32.9. The van der Waals surface area contributed by atoms with Crippen molar-refractivity contribution in [1.29, 1.82) is 0 Å². The number of ether oxygens (including phenoxy) is 6. The third-order valence-corrected chi connectivity index (χ3v) is 14.3. The van der Waals surface area contributed by atoms with Crippen LogP contribution in [0.25, 0.3) is 0 Å². The number of carbonyl (C=O) groups excluding carboxylic acids is 1. The fourth-order valence-electron chi connectivity index (χ4n) is 9.52. The van der Waals surface area contributed by atoms with E-state index in [9.17, 15) is 40.5 Å². The molecule has 0 aromatic heterocycles. The summed E-state index contributed by atoms with van der Waals surface area (Å²) in [7, 11) is 0. The number of carbonyl (C=O) groups is 1. The number of hydrogen-bond donors (Lipinski definition) is 7. The van der Waals surface area contributed by atoms with E-state index in [0.717, 1.165) is 57.8 Å². The van der Waals surface area contributed by atoms with Gasteiger partial charge in [0.15, 0.2) is 12.6 Å². The van der Waals surface area contributed by atoms with Crippen molar-refractivity contribution in [3.05, 3.63) is 12.2 Å². The maximum atomic E-state index is 13.0. The summed E-state index contributed by atoms with van der Waals surface area (Å²) in [5.74, 6) is -0.380. The van der Waals surface area contributed by atoms with Gasteiger partial charge in [0.25, 0.3) is 0 Å². The fourth-order valence-corrected chi connectivity index (χ4v) is 9.52. The quantitative estimate of drug-likeness (QED) is 0.0172. The molecular formula is C57H108O14. The molecule has 420 valence electrons. The Morgan fingerprint density at radius 2 is 0.831 bits per heavy atom. The van der Waals surface area contributed by atoms with E-state index in [-0.39, 0.29) is 25.6 Å². The molecule has 0 aromatic rings. The molecule has 2 rings (SSSR count). The first kappa shape index (κ1) is 65.8. The molecule has 2 heterocycles. The van der Waals surface area contributed by atoms with Gasteiger partial charge in [0.1, 0.15) is 54.9 Å². The van der Waals surface area contributed by atoms with E-state index < -0.39 is 80.7 Å². The SMILES string of the molecule is CCCCCC/C=C\CCCCCCCC(=O)OC(COCCCCCCCCCCCCCCCCCCCCCCCCCC)COC1OC(COC2OC(CO)C(O)C(O)C2O)C(O)C(O)C1O. The zero-order chi connectivity index (χ0) is 51.6. The number of aliphatic hydroxyl groups excluding tert-OH is 7.